The van der Waals surface area contributed by atoms with Crippen LogP contribution in [0.5, 0.6) is 0 Å². The monoisotopic (exact) mass is 537 g/mol. The number of aromatic nitrogens is 2. The molecule has 2 unspecified atom stereocenters. The van der Waals surface area contributed by atoms with E-state index in [-0.39, 0.29) is 0 Å². The summed E-state index contributed by atoms with van der Waals surface area (Å²) in [6.07, 6.45) is 39.8. The van der Waals surface area contributed by atoms with Crippen molar-refractivity contribution in [1.82, 2.24) is 9.55 Å². The molecular formula is C37H64N2. The van der Waals surface area contributed by atoms with Gasteiger partial charge in [0.25, 0.3) is 0 Å². The molecule has 0 amide bonds. The van der Waals surface area contributed by atoms with E-state index >= 15 is 0 Å². The SMILES string of the molecule is CCCCCCCCCCCCCC(C(CCCCCCCCCCCC)Cc1ccccc1)n1ccnc1. The molecule has 2 rings (SSSR count). The molecular weight excluding hydrogens is 472 g/mol. The second-order valence-corrected chi connectivity index (χ2v) is 12.3. The number of nitrogens with zero attached hydrogens (tertiary/aromatic N) is 2. The van der Waals surface area contributed by atoms with E-state index in [1.54, 1.807) is 0 Å². The van der Waals surface area contributed by atoms with Gasteiger partial charge < -0.3 is 4.57 Å². The Bertz CT molecular complexity index is 738. The summed E-state index contributed by atoms with van der Waals surface area (Å²) in [6, 6.07) is 11.8. The van der Waals surface area contributed by atoms with Gasteiger partial charge in [-0.05, 0) is 30.7 Å². The van der Waals surface area contributed by atoms with Gasteiger partial charge in [0.2, 0.25) is 0 Å². The first-order chi connectivity index (χ1) is 19.3. The molecule has 0 bridgehead atoms. The zero-order chi connectivity index (χ0) is 27.6. The number of unbranched alkanes of at least 4 members (excludes halogenated alkanes) is 19. The molecule has 1 aromatic carbocycles. The van der Waals surface area contributed by atoms with Crippen molar-refractivity contribution in [3.63, 3.8) is 0 Å². The van der Waals surface area contributed by atoms with Gasteiger partial charge in [-0.2, -0.15) is 0 Å². The summed E-state index contributed by atoms with van der Waals surface area (Å²) in [5, 5.41) is 0. The lowest BCUT2D eigenvalue weighted by Crippen LogP contribution is -2.21. The van der Waals surface area contributed by atoms with Gasteiger partial charge in [-0.1, -0.05) is 179 Å². The van der Waals surface area contributed by atoms with E-state index in [0.29, 0.717) is 12.0 Å². The highest BCUT2D eigenvalue weighted by Gasteiger charge is 2.23. The van der Waals surface area contributed by atoms with Gasteiger partial charge in [-0.15, -0.1) is 0 Å². The Hall–Kier alpha value is -1.57. The van der Waals surface area contributed by atoms with Crippen molar-refractivity contribution >= 4 is 0 Å². The maximum absolute atomic E-state index is 4.46. The molecule has 2 heteroatoms. The van der Waals surface area contributed by atoms with E-state index in [9.17, 15) is 0 Å². The van der Waals surface area contributed by atoms with Crippen LogP contribution in [0.3, 0.4) is 0 Å². The molecule has 0 saturated carbocycles. The molecule has 2 atom stereocenters. The van der Waals surface area contributed by atoms with Crippen molar-refractivity contribution in [3.05, 3.63) is 54.6 Å². The molecule has 0 fully saturated rings. The minimum atomic E-state index is 0.574. The first-order valence-electron chi connectivity index (χ1n) is 17.4. The van der Waals surface area contributed by atoms with Crippen LogP contribution < -0.4 is 0 Å². The summed E-state index contributed by atoms with van der Waals surface area (Å²) < 4.78 is 2.44. The van der Waals surface area contributed by atoms with Crippen molar-refractivity contribution < 1.29 is 0 Å². The van der Waals surface area contributed by atoms with E-state index < -0.39 is 0 Å². The van der Waals surface area contributed by atoms with Crippen LogP contribution in [0.25, 0.3) is 0 Å². The molecule has 0 saturated heterocycles. The number of hydrogen-bond acceptors (Lipinski definition) is 1. The predicted octanol–water partition coefficient (Wildman–Crippen LogP) is 12.3. The molecule has 0 aliphatic rings. The maximum Gasteiger partial charge on any atom is 0.0948 e. The highest BCUT2D eigenvalue weighted by Crippen LogP contribution is 2.32. The summed E-state index contributed by atoms with van der Waals surface area (Å²) in [5.41, 5.74) is 1.50. The third kappa shape index (κ3) is 17.0. The molecule has 1 aromatic heterocycles. The Kier molecular flexibility index (Phi) is 20.9. The minimum Gasteiger partial charge on any atom is -0.334 e. The number of benzene rings is 1. The van der Waals surface area contributed by atoms with E-state index in [2.05, 4.69) is 66.3 Å². The summed E-state index contributed by atoms with van der Waals surface area (Å²) >= 11 is 0. The fraction of sp³-hybridized carbons (Fsp3) is 0.757. The van der Waals surface area contributed by atoms with Crippen LogP contribution in [0.15, 0.2) is 49.1 Å². The van der Waals surface area contributed by atoms with Crippen molar-refractivity contribution in [2.75, 3.05) is 0 Å². The van der Waals surface area contributed by atoms with Gasteiger partial charge in [-0.25, -0.2) is 4.98 Å². The number of imidazole rings is 1. The first-order valence-corrected chi connectivity index (χ1v) is 17.4. The van der Waals surface area contributed by atoms with Crippen molar-refractivity contribution in [1.29, 1.82) is 0 Å². The van der Waals surface area contributed by atoms with Gasteiger partial charge in [0, 0.05) is 18.4 Å². The van der Waals surface area contributed by atoms with Gasteiger partial charge in [0.15, 0.2) is 0 Å². The molecule has 0 spiro atoms. The van der Waals surface area contributed by atoms with Crippen molar-refractivity contribution in [3.8, 4) is 0 Å². The van der Waals surface area contributed by atoms with Crippen LogP contribution in [0.4, 0.5) is 0 Å². The van der Waals surface area contributed by atoms with Crippen LogP contribution in [0.2, 0.25) is 0 Å². The normalized spacial score (nSPS) is 13.1. The molecule has 0 aliphatic heterocycles. The Balaban J connectivity index is 1.76. The van der Waals surface area contributed by atoms with Crippen LogP contribution >= 0.6 is 0 Å². The fourth-order valence-corrected chi connectivity index (χ4v) is 6.35. The summed E-state index contributed by atoms with van der Waals surface area (Å²) in [6.45, 7) is 4.61. The van der Waals surface area contributed by atoms with Gasteiger partial charge in [0.1, 0.15) is 0 Å². The average Bonchev–Trinajstić information content (AvgIpc) is 3.49. The first kappa shape index (κ1) is 33.6. The highest BCUT2D eigenvalue weighted by atomic mass is 15.1. The third-order valence-electron chi connectivity index (χ3n) is 8.82. The van der Waals surface area contributed by atoms with Crippen LogP contribution in [0.1, 0.15) is 173 Å². The Morgan fingerprint density at radius 3 is 1.49 bits per heavy atom. The maximum atomic E-state index is 4.46. The largest absolute Gasteiger partial charge is 0.334 e. The lowest BCUT2D eigenvalue weighted by Gasteiger charge is -2.29. The van der Waals surface area contributed by atoms with E-state index in [1.165, 1.54) is 160 Å². The highest BCUT2D eigenvalue weighted by molar-refractivity contribution is 5.15. The zero-order valence-electron chi connectivity index (χ0n) is 26.1. The Labute approximate surface area is 243 Å². The molecule has 39 heavy (non-hydrogen) atoms. The minimum absolute atomic E-state index is 0.574. The Morgan fingerprint density at radius 2 is 1.03 bits per heavy atom. The molecule has 2 aromatic rings. The lowest BCUT2D eigenvalue weighted by molar-refractivity contribution is 0.275. The Morgan fingerprint density at radius 1 is 0.564 bits per heavy atom. The summed E-state index contributed by atoms with van der Waals surface area (Å²) in [7, 11) is 0. The second kappa shape index (κ2) is 24.2. The van der Waals surface area contributed by atoms with Gasteiger partial charge in [0.05, 0.1) is 6.33 Å². The summed E-state index contributed by atoms with van der Waals surface area (Å²) in [4.78, 5) is 4.46. The van der Waals surface area contributed by atoms with E-state index in [0.717, 1.165) is 0 Å². The zero-order valence-corrected chi connectivity index (χ0v) is 26.1. The molecule has 0 radical (unpaired) electrons. The van der Waals surface area contributed by atoms with Gasteiger partial charge in [-0.3, -0.25) is 0 Å². The standard InChI is InChI=1S/C37H64N2/c1-3-5-7-9-11-13-15-17-19-21-26-30-37(39-32-31-38-34-39)36(33-35-27-23-22-24-28-35)29-25-20-18-16-14-12-10-8-6-4-2/h22-24,27-28,31-32,34,36-37H,3-21,25-26,29-30,33H2,1-2H3. The van der Waals surface area contributed by atoms with Crippen LogP contribution in [0, 0.1) is 5.92 Å². The second-order valence-electron chi connectivity index (χ2n) is 12.3. The summed E-state index contributed by atoms with van der Waals surface area (Å²) in [5.74, 6) is 0.693. The molecule has 1 heterocycles. The number of hydrogen-bond donors (Lipinski definition) is 0. The van der Waals surface area contributed by atoms with E-state index in [1.807, 2.05) is 6.20 Å². The van der Waals surface area contributed by atoms with Gasteiger partial charge >= 0.3 is 0 Å². The predicted molar refractivity (Wildman–Crippen MR) is 172 cm³/mol. The molecule has 222 valence electrons. The third-order valence-corrected chi connectivity index (χ3v) is 8.82. The molecule has 0 N–H and O–H groups in total. The van der Waals surface area contributed by atoms with Crippen molar-refractivity contribution in [2.24, 2.45) is 5.92 Å². The topological polar surface area (TPSA) is 17.8 Å². The fourth-order valence-electron chi connectivity index (χ4n) is 6.35. The van der Waals surface area contributed by atoms with E-state index in [4.69, 9.17) is 0 Å². The van der Waals surface area contributed by atoms with Crippen molar-refractivity contribution in [2.45, 2.75) is 174 Å². The lowest BCUT2D eigenvalue weighted by atomic mass is 9.84. The average molecular weight is 537 g/mol. The van der Waals surface area contributed by atoms with Crippen LogP contribution in [-0.2, 0) is 6.42 Å². The smallest absolute Gasteiger partial charge is 0.0948 e. The molecule has 2 nitrogen and oxygen atoms in total. The quantitative estimate of drug-likeness (QED) is 0.104. The van der Waals surface area contributed by atoms with Crippen LogP contribution in [-0.4, -0.2) is 9.55 Å². The molecule has 0 aliphatic carbocycles. The number of rotatable bonds is 27.